The van der Waals surface area contributed by atoms with Crippen molar-refractivity contribution in [3.8, 4) is 0 Å². The summed E-state index contributed by atoms with van der Waals surface area (Å²) in [4.78, 5) is 2.42. The van der Waals surface area contributed by atoms with E-state index in [1.54, 1.807) is 4.31 Å². The number of benzene rings is 1. The topological polar surface area (TPSA) is 61.9 Å². The number of morpholine rings is 1. The quantitative estimate of drug-likeness (QED) is 0.756. The van der Waals surface area contributed by atoms with Gasteiger partial charge < -0.3 is 4.74 Å². The van der Waals surface area contributed by atoms with E-state index in [0.717, 1.165) is 65.0 Å². The number of fused-ring (bicyclic) bond motifs is 1. The second-order valence-electron chi connectivity index (χ2n) is 9.70. The van der Waals surface area contributed by atoms with Gasteiger partial charge in [0.05, 0.1) is 18.8 Å². The van der Waals surface area contributed by atoms with Crippen molar-refractivity contribution in [3.63, 3.8) is 0 Å². The van der Waals surface area contributed by atoms with Crippen molar-refractivity contribution in [2.75, 3.05) is 45.9 Å². The Kier molecular flexibility index (Phi) is 5.99. The molecule has 31 heavy (non-hydrogen) atoms. The van der Waals surface area contributed by atoms with E-state index in [1.165, 1.54) is 16.7 Å². The number of nitrogens with zero attached hydrogens (tertiary/aromatic N) is 2. The maximum absolute atomic E-state index is 12.8. The third-order valence-corrected chi connectivity index (χ3v) is 9.46. The molecule has 2 aliphatic heterocycles. The van der Waals surface area contributed by atoms with Crippen molar-refractivity contribution in [1.82, 2.24) is 13.9 Å². The van der Waals surface area contributed by atoms with Crippen LogP contribution < -0.4 is 4.72 Å². The molecule has 170 valence electrons. The van der Waals surface area contributed by atoms with Crippen LogP contribution in [0.3, 0.4) is 0 Å². The molecule has 0 amide bonds. The van der Waals surface area contributed by atoms with E-state index in [4.69, 9.17) is 4.74 Å². The summed E-state index contributed by atoms with van der Waals surface area (Å²) >= 11 is 0. The van der Waals surface area contributed by atoms with Gasteiger partial charge in [-0.05, 0) is 60.6 Å². The van der Waals surface area contributed by atoms with E-state index in [0.29, 0.717) is 24.9 Å². The van der Waals surface area contributed by atoms with Crippen LogP contribution in [0.25, 0.3) is 6.08 Å². The van der Waals surface area contributed by atoms with E-state index < -0.39 is 10.2 Å². The van der Waals surface area contributed by atoms with Crippen LogP contribution in [-0.2, 0) is 27.8 Å². The first kappa shape index (κ1) is 21.6. The van der Waals surface area contributed by atoms with Crippen LogP contribution in [0.2, 0.25) is 0 Å². The van der Waals surface area contributed by atoms with Crippen molar-refractivity contribution < 1.29 is 13.2 Å². The van der Waals surface area contributed by atoms with Crippen LogP contribution in [0.15, 0.2) is 24.3 Å². The van der Waals surface area contributed by atoms with Gasteiger partial charge in [0.2, 0.25) is 0 Å². The molecule has 1 N–H and O–H groups in total. The molecule has 0 unspecified atom stereocenters. The lowest BCUT2D eigenvalue weighted by atomic mass is 9.79. The van der Waals surface area contributed by atoms with Gasteiger partial charge in [-0.25, -0.2) is 0 Å². The highest BCUT2D eigenvalue weighted by molar-refractivity contribution is 7.87. The standard InChI is InChI=1S/C24H35N3O3S/c1-2-9-27-18-24(25-31(27,28)29)22-7-8-23(24)17-21-15-19(5-6-20(21)16-22)4-3-10-26-11-13-30-14-12-26/h3-6,15,22-23,25H,2,7-14,16-18H2,1H3/t22-,23+,24+/m0/s1. The fourth-order valence-corrected chi connectivity index (χ4v) is 8.01. The maximum Gasteiger partial charge on any atom is 0.280 e. The van der Waals surface area contributed by atoms with Gasteiger partial charge in [0.1, 0.15) is 0 Å². The highest BCUT2D eigenvalue weighted by atomic mass is 32.2. The summed E-state index contributed by atoms with van der Waals surface area (Å²) in [6.07, 6.45) is 9.52. The third-order valence-electron chi connectivity index (χ3n) is 7.83. The summed E-state index contributed by atoms with van der Waals surface area (Å²) in [5.74, 6) is 0.765. The van der Waals surface area contributed by atoms with Crippen LogP contribution in [0, 0.1) is 11.8 Å². The van der Waals surface area contributed by atoms with Gasteiger partial charge >= 0.3 is 0 Å². The van der Waals surface area contributed by atoms with Crippen LogP contribution in [0.5, 0.6) is 0 Å². The van der Waals surface area contributed by atoms with Crippen molar-refractivity contribution >= 4 is 16.3 Å². The number of rotatable bonds is 5. The first-order chi connectivity index (χ1) is 15.0. The molecule has 2 bridgehead atoms. The summed E-state index contributed by atoms with van der Waals surface area (Å²) in [6.45, 7) is 7.93. The minimum atomic E-state index is -3.36. The summed E-state index contributed by atoms with van der Waals surface area (Å²) in [5.41, 5.74) is 3.77. The smallest absolute Gasteiger partial charge is 0.280 e. The van der Waals surface area contributed by atoms with Gasteiger partial charge in [-0.2, -0.15) is 17.4 Å². The van der Waals surface area contributed by atoms with Crippen molar-refractivity contribution in [3.05, 3.63) is 41.0 Å². The molecule has 2 heterocycles. The van der Waals surface area contributed by atoms with Gasteiger partial charge in [-0.3, -0.25) is 4.90 Å². The fourth-order valence-electron chi connectivity index (χ4n) is 6.20. The average Bonchev–Trinajstić information content (AvgIpc) is 3.14. The van der Waals surface area contributed by atoms with Gasteiger partial charge in [0, 0.05) is 32.7 Å². The monoisotopic (exact) mass is 445 g/mol. The molecule has 7 heteroatoms. The second kappa shape index (κ2) is 8.60. The van der Waals surface area contributed by atoms with E-state index >= 15 is 0 Å². The molecule has 1 saturated carbocycles. The zero-order valence-electron chi connectivity index (χ0n) is 18.6. The third kappa shape index (κ3) is 4.11. The molecule has 3 atom stereocenters. The largest absolute Gasteiger partial charge is 0.379 e. The zero-order chi connectivity index (χ0) is 21.5. The normalized spacial score (nSPS) is 33.2. The molecular weight excluding hydrogens is 410 g/mol. The van der Waals surface area contributed by atoms with Gasteiger partial charge in [0.25, 0.3) is 10.2 Å². The number of nitrogens with one attached hydrogen (secondary N) is 1. The SMILES string of the molecule is CCCN1C[C@]2(NS1(=O)=O)[C@@H]1CC[C@H]2Cc2ccc(C=CCN3CCOCC3)cc2C1. The van der Waals surface area contributed by atoms with Gasteiger partial charge in [0.15, 0.2) is 0 Å². The van der Waals surface area contributed by atoms with Crippen LogP contribution >= 0.6 is 0 Å². The molecule has 1 spiro atoms. The lowest BCUT2D eigenvalue weighted by molar-refractivity contribution is 0.0435. The molecule has 1 aromatic carbocycles. The number of hydrogen-bond donors (Lipinski definition) is 1. The Morgan fingerprint density at radius 3 is 2.65 bits per heavy atom. The Morgan fingerprint density at radius 2 is 1.90 bits per heavy atom. The maximum atomic E-state index is 12.8. The van der Waals surface area contributed by atoms with Crippen LogP contribution in [-0.4, -0.2) is 69.1 Å². The molecule has 0 radical (unpaired) electrons. The Morgan fingerprint density at radius 1 is 1.16 bits per heavy atom. The molecule has 5 rings (SSSR count). The zero-order valence-corrected chi connectivity index (χ0v) is 19.4. The van der Waals surface area contributed by atoms with E-state index in [2.05, 4.69) is 40.0 Å². The summed E-state index contributed by atoms with van der Waals surface area (Å²) in [5, 5.41) is 0. The molecule has 6 nitrogen and oxygen atoms in total. The molecule has 1 aromatic rings. The second-order valence-corrected chi connectivity index (χ2v) is 11.4. The highest BCUT2D eigenvalue weighted by Crippen LogP contribution is 2.50. The lowest BCUT2D eigenvalue weighted by Gasteiger charge is -2.33. The molecule has 2 saturated heterocycles. The Hall–Kier alpha value is -1.25. The molecule has 4 aliphatic rings. The van der Waals surface area contributed by atoms with Crippen LogP contribution in [0.1, 0.15) is 42.9 Å². The number of hydrogen-bond acceptors (Lipinski definition) is 4. The summed E-state index contributed by atoms with van der Waals surface area (Å²) in [6, 6.07) is 6.85. The van der Waals surface area contributed by atoms with Gasteiger partial charge in [-0.1, -0.05) is 37.3 Å². The first-order valence-electron chi connectivity index (χ1n) is 11.9. The summed E-state index contributed by atoms with van der Waals surface area (Å²) < 4.78 is 35.9. The fraction of sp³-hybridized carbons (Fsp3) is 0.667. The molecular formula is C24H35N3O3S. The predicted molar refractivity (Wildman–Crippen MR) is 123 cm³/mol. The van der Waals surface area contributed by atoms with Crippen molar-refractivity contribution in [2.24, 2.45) is 11.8 Å². The van der Waals surface area contributed by atoms with Gasteiger partial charge in [-0.15, -0.1) is 0 Å². The molecule has 0 aromatic heterocycles. The minimum Gasteiger partial charge on any atom is -0.379 e. The highest BCUT2D eigenvalue weighted by Gasteiger charge is 2.59. The molecule has 3 fully saturated rings. The van der Waals surface area contributed by atoms with E-state index in [1.807, 2.05) is 6.92 Å². The Labute approximate surface area is 186 Å². The lowest BCUT2D eigenvalue weighted by Crippen LogP contribution is -2.52. The first-order valence-corrected chi connectivity index (χ1v) is 13.3. The van der Waals surface area contributed by atoms with Crippen molar-refractivity contribution in [2.45, 2.75) is 44.6 Å². The minimum absolute atomic E-state index is 0.292. The predicted octanol–water partition coefficient (Wildman–Crippen LogP) is 2.46. The van der Waals surface area contributed by atoms with Crippen LogP contribution in [0.4, 0.5) is 0 Å². The summed E-state index contributed by atoms with van der Waals surface area (Å²) in [7, 11) is -3.36. The van der Waals surface area contributed by atoms with E-state index in [-0.39, 0.29) is 5.54 Å². The Bertz CT molecular complexity index is 941. The average molecular weight is 446 g/mol. The van der Waals surface area contributed by atoms with Crippen molar-refractivity contribution in [1.29, 1.82) is 0 Å². The number of ether oxygens (including phenoxy) is 1. The van der Waals surface area contributed by atoms with E-state index in [9.17, 15) is 8.42 Å². The Balaban J connectivity index is 1.34. The molecule has 2 aliphatic carbocycles.